The minimum Gasteiger partial charge on any atom is -0.347 e. The molecule has 0 spiro atoms. The first-order chi connectivity index (χ1) is 12.9. The highest BCUT2D eigenvalue weighted by Gasteiger charge is 2.60. The van der Waals surface area contributed by atoms with Crippen LogP contribution >= 0.6 is 0 Å². The van der Waals surface area contributed by atoms with Crippen LogP contribution in [0.1, 0.15) is 49.7 Å². The van der Waals surface area contributed by atoms with Crippen LogP contribution in [-0.4, -0.2) is 24.9 Å². The van der Waals surface area contributed by atoms with Crippen LogP contribution in [0.25, 0.3) is 0 Å². The second kappa shape index (κ2) is 6.71. The third-order valence-corrected chi connectivity index (χ3v) is 7.00. The van der Waals surface area contributed by atoms with Crippen molar-refractivity contribution in [2.24, 2.45) is 17.3 Å². The highest BCUT2D eigenvalue weighted by Crippen LogP contribution is 2.65. The Labute approximate surface area is 161 Å². The predicted molar refractivity (Wildman–Crippen MR) is 105 cm³/mol. The lowest BCUT2D eigenvalue weighted by Gasteiger charge is -2.61. The largest absolute Gasteiger partial charge is 0.347 e. The standard InChI is InChI=1S/C23H28N2O2/c1-3-8-24-20(26)14-25-21(27)23-12-17-9-18(13-23)11-22(10-17,15-23)19-6-4-16(2)5-7-19/h1,4-7,17-18H,8-15H2,2H3,(H,24,26)(H,25,27). The van der Waals surface area contributed by atoms with E-state index >= 15 is 0 Å². The Morgan fingerprint density at radius 1 is 1.11 bits per heavy atom. The fourth-order valence-corrected chi connectivity index (χ4v) is 6.33. The average molecular weight is 364 g/mol. The van der Waals surface area contributed by atoms with Crippen molar-refractivity contribution in [3.8, 4) is 12.3 Å². The molecule has 2 unspecified atom stereocenters. The van der Waals surface area contributed by atoms with E-state index in [1.807, 2.05) is 0 Å². The van der Waals surface area contributed by atoms with E-state index in [2.05, 4.69) is 47.7 Å². The zero-order chi connectivity index (χ0) is 19.1. The summed E-state index contributed by atoms with van der Waals surface area (Å²) in [6, 6.07) is 8.91. The summed E-state index contributed by atoms with van der Waals surface area (Å²) in [6.45, 7) is 2.32. The van der Waals surface area contributed by atoms with Crippen LogP contribution in [0.15, 0.2) is 24.3 Å². The number of benzene rings is 1. The van der Waals surface area contributed by atoms with E-state index in [0.29, 0.717) is 11.8 Å². The second-order valence-electron chi connectivity index (χ2n) is 9.05. The molecule has 5 rings (SSSR count). The molecule has 0 saturated heterocycles. The van der Waals surface area contributed by atoms with Crippen LogP contribution in [-0.2, 0) is 15.0 Å². The molecular formula is C23H28N2O2. The molecule has 4 saturated carbocycles. The lowest BCUT2D eigenvalue weighted by molar-refractivity contribution is -0.149. The molecule has 0 aliphatic heterocycles. The van der Waals surface area contributed by atoms with Gasteiger partial charge in [-0.25, -0.2) is 0 Å². The number of amides is 2. The minimum absolute atomic E-state index is 0.00906. The topological polar surface area (TPSA) is 58.2 Å². The van der Waals surface area contributed by atoms with Crippen LogP contribution < -0.4 is 10.6 Å². The number of aryl methyl sites for hydroxylation is 1. The minimum atomic E-state index is -0.318. The zero-order valence-electron chi connectivity index (χ0n) is 16.0. The molecule has 0 heterocycles. The average Bonchev–Trinajstić information content (AvgIpc) is 2.63. The van der Waals surface area contributed by atoms with Gasteiger partial charge in [-0.1, -0.05) is 35.7 Å². The molecule has 1 aromatic rings. The lowest BCUT2D eigenvalue weighted by atomic mass is 9.42. The normalized spacial score (nSPS) is 33.3. The summed E-state index contributed by atoms with van der Waals surface area (Å²) in [7, 11) is 0. The van der Waals surface area contributed by atoms with Crippen molar-refractivity contribution in [2.75, 3.05) is 13.1 Å². The number of carbonyl (C=O) groups excluding carboxylic acids is 2. The molecular weight excluding hydrogens is 336 g/mol. The van der Waals surface area contributed by atoms with E-state index in [9.17, 15) is 9.59 Å². The van der Waals surface area contributed by atoms with E-state index in [0.717, 1.165) is 19.3 Å². The fourth-order valence-electron chi connectivity index (χ4n) is 6.33. The molecule has 4 fully saturated rings. The van der Waals surface area contributed by atoms with Crippen molar-refractivity contribution < 1.29 is 9.59 Å². The van der Waals surface area contributed by atoms with Gasteiger partial charge in [0.05, 0.1) is 18.5 Å². The summed E-state index contributed by atoms with van der Waals surface area (Å²) in [5, 5.41) is 5.52. The maximum atomic E-state index is 13.2. The van der Waals surface area contributed by atoms with Crippen molar-refractivity contribution in [1.29, 1.82) is 0 Å². The molecule has 2 amide bonds. The third kappa shape index (κ3) is 3.25. The van der Waals surface area contributed by atoms with Crippen molar-refractivity contribution in [3.63, 3.8) is 0 Å². The van der Waals surface area contributed by atoms with Gasteiger partial charge in [0.25, 0.3) is 0 Å². The third-order valence-electron chi connectivity index (χ3n) is 7.00. The van der Waals surface area contributed by atoms with E-state index < -0.39 is 0 Å². The Morgan fingerprint density at radius 3 is 2.41 bits per heavy atom. The number of rotatable bonds is 5. The number of terminal acetylenes is 1. The summed E-state index contributed by atoms with van der Waals surface area (Å²) in [5.41, 5.74) is 2.47. The zero-order valence-corrected chi connectivity index (χ0v) is 16.0. The molecule has 0 aromatic heterocycles. The van der Waals surface area contributed by atoms with Gasteiger partial charge in [-0.15, -0.1) is 6.42 Å². The van der Waals surface area contributed by atoms with Gasteiger partial charge in [0.2, 0.25) is 11.8 Å². The number of hydrogen-bond donors (Lipinski definition) is 2. The monoisotopic (exact) mass is 364 g/mol. The first kappa shape index (κ1) is 18.1. The Balaban J connectivity index is 1.53. The van der Waals surface area contributed by atoms with Crippen LogP contribution in [0.5, 0.6) is 0 Å². The van der Waals surface area contributed by atoms with Crippen LogP contribution in [0.3, 0.4) is 0 Å². The summed E-state index contributed by atoms with van der Waals surface area (Å²) in [5.74, 6) is 3.45. The molecule has 1 aromatic carbocycles. The van der Waals surface area contributed by atoms with E-state index in [1.54, 1.807) is 0 Å². The Hall–Kier alpha value is -2.28. The highest BCUT2D eigenvalue weighted by molar-refractivity contribution is 5.88. The molecule has 4 aliphatic carbocycles. The van der Waals surface area contributed by atoms with Crippen molar-refractivity contribution in [2.45, 2.75) is 50.9 Å². The molecule has 4 heteroatoms. The molecule has 2 atom stereocenters. The van der Waals surface area contributed by atoms with E-state index in [1.165, 1.54) is 30.4 Å². The Bertz CT molecular complexity index is 776. The Morgan fingerprint density at radius 2 is 1.78 bits per heavy atom. The summed E-state index contributed by atoms with van der Waals surface area (Å²) in [6.07, 6.45) is 11.7. The smallest absolute Gasteiger partial charge is 0.240 e. The second-order valence-corrected chi connectivity index (χ2v) is 9.05. The number of nitrogens with one attached hydrogen (secondary N) is 2. The lowest BCUT2D eigenvalue weighted by Crippen LogP contribution is -2.59. The predicted octanol–water partition coefficient (Wildman–Crippen LogP) is 2.70. The molecule has 2 N–H and O–H groups in total. The van der Waals surface area contributed by atoms with Gasteiger partial charge >= 0.3 is 0 Å². The van der Waals surface area contributed by atoms with Crippen molar-refractivity contribution >= 4 is 11.8 Å². The molecule has 0 radical (unpaired) electrons. The van der Waals surface area contributed by atoms with Crippen molar-refractivity contribution in [1.82, 2.24) is 10.6 Å². The summed E-state index contributed by atoms with van der Waals surface area (Å²) in [4.78, 5) is 25.0. The van der Waals surface area contributed by atoms with Gasteiger partial charge in [-0.3, -0.25) is 9.59 Å². The highest BCUT2D eigenvalue weighted by atomic mass is 16.2. The van der Waals surface area contributed by atoms with Gasteiger partial charge in [-0.2, -0.15) is 0 Å². The summed E-state index contributed by atoms with van der Waals surface area (Å²) < 4.78 is 0. The number of hydrogen-bond acceptors (Lipinski definition) is 2. The van der Waals surface area contributed by atoms with Gasteiger partial charge in [0, 0.05) is 0 Å². The maximum absolute atomic E-state index is 13.2. The molecule has 142 valence electrons. The van der Waals surface area contributed by atoms with Crippen molar-refractivity contribution in [3.05, 3.63) is 35.4 Å². The SMILES string of the molecule is C#CCNC(=O)CNC(=O)C12CC3CC(C1)CC(c1ccc(C)cc1)(C3)C2. The Kier molecular flexibility index (Phi) is 4.50. The van der Waals surface area contributed by atoms with Gasteiger partial charge < -0.3 is 10.6 Å². The molecule has 4 nitrogen and oxygen atoms in total. The maximum Gasteiger partial charge on any atom is 0.240 e. The summed E-state index contributed by atoms with van der Waals surface area (Å²) >= 11 is 0. The van der Waals surface area contributed by atoms with E-state index in [-0.39, 0.29) is 35.7 Å². The first-order valence-electron chi connectivity index (χ1n) is 10.0. The van der Waals surface area contributed by atoms with Gasteiger partial charge in [0.15, 0.2) is 0 Å². The first-order valence-corrected chi connectivity index (χ1v) is 10.0. The quantitative estimate of drug-likeness (QED) is 0.789. The molecule has 27 heavy (non-hydrogen) atoms. The van der Waals surface area contributed by atoms with E-state index in [4.69, 9.17) is 6.42 Å². The molecule has 4 bridgehead atoms. The van der Waals surface area contributed by atoms with Crippen LogP contribution in [0, 0.1) is 36.5 Å². The molecule has 4 aliphatic rings. The van der Waals surface area contributed by atoms with Gasteiger partial charge in [-0.05, 0) is 68.3 Å². The number of carbonyl (C=O) groups is 2. The van der Waals surface area contributed by atoms with Crippen LogP contribution in [0.4, 0.5) is 0 Å². The van der Waals surface area contributed by atoms with Gasteiger partial charge in [0.1, 0.15) is 0 Å². The fraction of sp³-hybridized carbons (Fsp3) is 0.565. The van der Waals surface area contributed by atoms with Crippen LogP contribution in [0.2, 0.25) is 0 Å².